The topological polar surface area (TPSA) is 101 Å². The first-order valence-corrected chi connectivity index (χ1v) is 10.2. The number of hydrogen-bond donors (Lipinski definition) is 0. The number of anilines is 1. The quantitative estimate of drug-likeness (QED) is 0.421. The smallest absolute Gasteiger partial charge is 0.245 e. The van der Waals surface area contributed by atoms with Gasteiger partial charge in [-0.25, -0.2) is 9.97 Å². The van der Waals surface area contributed by atoms with Crippen LogP contribution in [-0.4, -0.2) is 56.1 Å². The highest BCUT2D eigenvalue weighted by molar-refractivity contribution is 7.84. The van der Waals surface area contributed by atoms with E-state index in [9.17, 15) is 18.6 Å². The Hall–Kier alpha value is -2.16. The van der Waals surface area contributed by atoms with Crippen LogP contribution >= 0.6 is 0 Å². The van der Waals surface area contributed by atoms with Crippen LogP contribution in [0.25, 0.3) is 0 Å². The van der Waals surface area contributed by atoms with Crippen molar-refractivity contribution in [3.63, 3.8) is 0 Å². The molecule has 0 bridgehead atoms. The first-order chi connectivity index (χ1) is 12.3. The Kier molecular flexibility index (Phi) is 3.94. The van der Waals surface area contributed by atoms with Crippen LogP contribution in [0.2, 0.25) is 0 Å². The molecular weight excluding hydrogens is 356 g/mol. The van der Waals surface area contributed by atoms with Gasteiger partial charge in [0.1, 0.15) is 11.2 Å². The van der Waals surface area contributed by atoms with E-state index in [1.54, 1.807) is 11.1 Å². The minimum atomic E-state index is -1.39. The lowest BCUT2D eigenvalue weighted by Crippen LogP contribution is -2.56. The summed E-state index contributed by atoms with van der Waals surface area (Å²) in [7, 11) is 0.0456. The lowest BCUT2D eigenvalue weighted by molar-refractivity contribution is -0.144. The van der Waals surface area contributed by atoms with Crippen molar-refractivity contribution in [2.75, 3.05) is 18.2 Å². The van der Waals surface area contributed by atoms with Crippen LogP contribution in [0.15, 0.2) is 11.4 Å². The maximum absolute atomic E-state index is 13.5. The third-order valence-electron chi connectivity index (χ3n) is 5.66. The van der Waals surface area contributed by atoms with Crippen LogP contribution < -0.4 is 4.90 Å². The van der Waals surface area contributed by atoms with Gasteiger partial charge in [0, 0.05) is 37.5 Å². The molecule has 3 heterocycles. The number of carbonyl (C=O) groups excluding carboxylic acids is 3. The van der Waals surface area contributed by atoms with E-state index in [0.29, 0.717) is 11.4 Å². The first kappa shape index (κ1) is 17.3. The molecule has 0 N–H and O–H groups in total. The summed E-state index contributed by atoms with van der Waals surface area (Å²) in [5.41, 5.74) is -0.736. The second kappa shape index (κ2) is 5.94. The van der Waals surface area contributed by atoms with Crippen molar-refractivity contribution < 1.29 is 18.6 Å². The lowest BCUT2D eigenvalue weighted by atomic mass is 9.76. The molecular formula is C17H20N4O4S. The number of amides is 3. The van der Waals surface area contributed by atoms with Gasteiger partial charge in [-0.1, -0.05) is 12.8 Å². The summed E-state index contributed by atoms with van der Waals surface area (Å²) in [4.78, 5) is 49.6. The van der Waals surface area contributed by atoms with Crippen molar-refractivity contribution in [1.82, 2.24) is 14.9 Å². The molecule has 1 saturated heterocycles. The molecule has 1 spiro atoms. The van der Waals surface area contributed by atoms with Gasteiger partial charge in [-0.3, -0.25) is 28.4 Å². The van der Waals surface area contributed by atoms with E-state index in [0.717, 1.165) is 30.6 Å². The maximum atomic E-state index is 13.5. The van der Waals surface area contributed by atoms with E-state index in [1.165, 1.54) is 13.3 Å². The molecule has 1 saturated carbocycles. The number of nitrogens with zero attached hydrogens (tertiary/aromatic N) is 4. The molecule has 2 fully saturated rings. The van der Waals surface area contributed by atoms with Crippen molar-refractivity contribution >= 4 is 34.3 Å². The first-order valence-electron chi connectivity index (χ1n) is 8.69. The molecule has 2 unspecified atom stereocenters. The van der Waals surface area contributed by atoms with Gasteiger partial charge >= 0.3 is 0 Å². The molecule has 3 amide bonds. The molecule has 138 valence electrons. The van der Waals surface area contributed by atoms with Gasteiger partial charge in [0.15, 0.2) is 0 Å². The largest absolute Gasteiger partial charge is 0.292 e. The van der Waals surface area contributed by atoms with E-state index in [-0.39, 0.29) is 35.9 Å². The number of likely N-dealkylation sites (tertiary alicyclic amines) is 1. The Balaban J connectivity index is 1.87. The Morgan fingerprint density at radius 1 is 1.15 bits per heavy atom. The highest BCUT2D eigenvalue weighted by Crippen LogP contribution is 2.46. The maximum Gasteiger partial charge on any atom is 0.245 e. The Bertz CT molecular complexity index is 851. The van der Waals surface area contributed by atoms with Crippen LogP contribution in [0.4, 0.5) is 5.82 Å². The molecule has 1 aromatic rings. The fourth-order valence-electron chi connectivity index (χ4n) is 4.27. The Labute approximate surface area is 153 Å². The number of aromatic nitrogens is 2. The minimum Gasteiger partial charge on any atom is -0.292 e. The molecule has 1 aliphatic carbocycles. The number of rotatable bonds is 2. The average Bonchev–Trinajstić information content (AvgIpc) is 3.20. The number of hydrogen-bond acceptors (Lipinski definition) is 6. The van der Waals surface area contributed by atoms with Gasteiger partial charge in [0.05, 0.1) is 17.2 Å². The number of fused-ring (bicyclic) bond motifs is 1. The molecule has 26 heavy (non-hydrogen) atoms. The number of imide groups is 1. The van der Waals surface area contributed by atoms with Crippen LogP contribution in [0.5, 0.6) is 0 Å². The zero-order valence-electron chi connectivity index (χ0n) is 14.7. The second-order valence-electron chi connectivity index (χ2n) is 7.26. The van der Waals surface area contributed by atoms with E-state index < -0.39 is 22.1 Å². The van der Waals surface area contributed by atoms with Crippen molar-refractivity contribution in [2.24, 2.45) is 5.41 Å². The van der Waals surface area contributed by atoms with Crippen molar-refractivity contribution in [3.05, 3.63) is 11.8 Å². The van der Waals surface area contributed by atoms with E-state index in [2.05, 4.69) is 9.97 Å². The fourth-order valence-corrected chi connectivity index (χ4v) is 4.69. The Morgan fingerprint density at radius 2 is 1.85 bits per heavy atom. The van der Waals surface area contributed by atoms with Gasteiger partial charge in [-0.15, -0.1) is 0 Å². The highest BCUT2D eigenvalue weighted by Gasteiger charge is 2.60. The van der Waals surface area contributed by atoms with Gasteiger partial charge in [0.25, 0.3) is 0 Å². The number of carbonyl (C=O) groups is 3. The standard InChI is InChI=1S/C17H20N4O4S/c1-20-12(22)8-17(14(20)23)7-10-9-18-16(26(2)25)19-13(10)21(15(17)24)11-5-3-4-6-11/h9,11H,3-8H2,1-2H3. The molecule has 2 atom stereocenters. The van der Waals surface area contributed by atoms with E-state index in [1.807, 2.05) is 0 Å². The summed E-state index contributed by atoms with van der Waals surface area (Å²) < 4.78 is 11.8. The van der Waals surface area contributed by atoms with Gasteiger partial charge in [-0.05, 0) is 12.8 Å². The third kappa shape index (κ3) is 2.33. The highest BCUT2D eigenvalue weighted by atomic mass is 32.2. The van der Waals surface area contributed by atoms with Crippen LogP contribution in [0, 0.1) is 5.41 Å². The molecule has 3 aliphatic rings. The predicted octanol–water partition coefficient (Wildman–Crippen LogP) is 0.421. The Morgan fingerprint density at radius 3 is 2.42 bits per heavy atom. The summed E-state index contributed by atoms with van der Waals surface area (Å²) in [5.74, 6) is -0.705. The second-order valence-corrected chi connectivity index (χ2v) is 8.54. The molecule has 0 aromatic carbocycles. The fraction of sp³-hybridized carbons (Fsp3) is 0.588. The van der Waals surface area contributed by atoms with E-state index >= 15 is 0 Å². The molecule has 0 radical (unpaired) electrons. The molecule has 9 heteroatoms. The summed E-state index contributed by atoms with van der Waals surface area (Å²) >= 11 is 0. The predicted molar refractivity (Wildman–Crippen MR) is 92.6 cm³/mol. The molecule has 1 aromatic heterocycles. The minimum absolute atomic E-state index is 0.0553. The van der Waals surface area contributed by atoms with Crippen molar-refractivity contribution in [1.29, 1.82) is 0 Å². The lowest BCUT2D eigenvalue weighted by Gasteiger charge is -2.40. The van der Waals surface area contributed by atoms with Gasteiger partial charge in [-0.2, -0.15) is 0 Å². The monoisotopic (exact) mass is 376 g/mol. The zero-order valence-corrected chi connectivity index (χ0v) is 15.5. The van der Waals surface area contributed by atoms with Gasteiger partial charge < -0.3 is 0 Å². The van der Waals surface area contributed by atoms with E-state index in [4.69, 9.17) is 0 Å². The normalized spacial score (nSPS) is 27.5. The van der Waals surface area contributed by atoms with Crippen molar-refractivity contribution in [2.45, 2.75) is 49.7 Å². The molecule has 8 nitrogen and oxygen atoms in total. The zero-order chi connectivity index (χ0) is 18.6. The molecule has 2 aliphatic heterocycles. The summed E-state index contributed by atoms with van der Waals surface area (Å²) in [6, 6.07) is -0.0553. The van der Waals surface area contributed by atoms with Crippen LogP contribution in [0.3, 0.4) is 0 Å². The molecule has 4 rings (SSSR count). The summed E-state index contributed by atoms with van der Waals surface area (Å²) in [6.07, 6.45) is 6.68. The third-order valence-corrected chi connectivity index (χ3v) is 6.37. The van der Waals surface area contributed by atoms with Crippen LogP contribution in [-0.2, 0) is 31.6 Å². The summed E-state index contributed by atoms with van der Waals surface area (Å²) in [5, 5.41) is 0.168. The SMILES string of the molecule is CN1C(=O)CC2(Cc3cnc(S(C)=O)nc3N(C3CCCC3)C2=O)C1=O. The summed E-state index contributed by atoms with van der Waals surface area (Å²) in [6.45, 7) is 0. The van der Waals surface area contributed by atoms with Gasteiger partial charge in [0.2, 0.25) is 22.9 Å². The van der Waals surface area contributed by atoms with Crippen molar-refractivity contribution in [3.8, 4) is 0 Å². The average molecular weight is 376 g/mol. The van der Waals surface area contributed by atoms with Crippen LogP contribution in [0.1, 0.15) is 37.7 Å².